The minimum atomic E-state index is -0.00287. The van der Waals surface area contributed by atoms with E-state index in [1.165, 1.54) is 23.6 Å². The summed E-state index contributed by atoms with van der Waals surface area (Å²) in [6.45, 7) is 0. The van der Waals surface area contributed by atoms with E-state index in [0.717, 1.165) is 24.0 Å². The lowest BCUT2D eigenvalue weighted by Crippen LogP contribution is -2.42. The van der Waals surface area contributed by atoms with E-state index in [1.807, 2.05) is 11.9 Å². The molecule has 1 aliphatic rings. The van der Waals surface area contributed by atoms with E-state index in [0.29, 0.717) is 6.04 Å². The van der Waals surface area contributed by atoms with Crippen molar-refractivity contribution < 1.29 is 4.79 Å². The molecule has 0 atom stereocenters. The number of carbonyl (C=O) groups is 1. The zero-order chi connectivity index (χ0) is 10.6. The molecule has 0 unspecified atom stereocenters. The Labute approximate surface area is 94.4 Å². The van der Waals surface area contributed by atoms with Gasteiger partial charge in [-0.2, -0.15) is 0 Å². The van der Waals surface area contributed by atoms with E-state index in [9.17, 15) is 4.79 Å². The summed E-state index contributed by atoms with van der Waals surface area (Å²) in [5.74, 6) is 0. The predicted molar refractivity (Wildman–Crippen MR) is 61.2 cm³/mol. The van der Waals surface area contributed by atoms with Crippen molar-refractivity contribution >= 4 is 27.9 Å². The fourth-order valence-corrected chi connectivity index (χ4v) is 2.24. The molecule has 0 radical (unpaired) electrons. The topological polar surface area (TPSA) is 23.6 Å². The molecule has 0 aliphatic heterocycles. The summed E-state index contributed by atoms with van der Waals surface area (Å²) in [5, 5.41) is 0. The van der Waals surface area contributed by atoms with Gasteiger partial charge in [-0.25, -0.2) is 4.79 Å². The van der Waals surface area contributed by atoms with Crippen molar-refractivity contribution in [2.45, 2.75) is 38.1 Å². The number of urea groups is 1. The number of rotatable bonds is 2. The summed E-state index contributed by atoms with van der Waals surface area (Å²) in [7, 11) is 9.08. The summed E-state index contributed by atoms with van der Waals surface area (Å²) in [6.07, 6.45) is 6.03. The Morgan fingerprint density at radius 2 is 1.86 bits per heavy atom. The Kier molecular flexibility index (Phi) is 4.89. The summed E-state index contributed by atoms with van der Waals surface area (Å²) in [5.41, 5.74) is 0. The zero-order valence-electron chi connectivity index (χ0n) is 8.70. The number of amides is 2. The minimum absolute atomic E-state index is 0.00287. The van der Waals surface area contributed by atoms with E-state index in [2.05, 4.69) is 0 Å². The largest absolute Gasteiger partial charge is 0.330 e. The van der Waals surface area contributed by atoms with Gasteiger partial charge >= 0.3 is 6.03 Å². The van der Waals surface area contributed by atoms with Crippen LogP contribution in [0, 0.1) is 0 Å². The van der Waals surface area contributed by atoms with Gasteiger partial charge in [-0.15, -0.1) is 0 Å². The van der Waals surface area contributed by atoms with Crippen LogP contribution < -0.4 is 0 Å². The Morgan fingerprint density at radius 3 is 2.36 bits per heavy atom. The molecule has 2 amide bonds. The first kappa shape index (κ1) is 12.0. The van der Waals surface area contributed by atoms with Gasteiger partial charge in [-0.05, 0) is 23.5 Å². The molecule has 5 heteroatoms. The number of hydrogen-bond donors (Lipinski definition) is 0. The second-order valence-electron chi connectivity index (χ2n) is 3.75. The first-order chi connectivity index (χ1) is 6.66. The molecule has 1 rings (SSSR count). The van der Waals surface area contributed by atoms with Crippen LogP contribution in [0.4, 0.5) is 4.79 Å². The summed E-state index contributed by atoms with van der Waals surface area (Å²) in [4.78, 5) is 13.5. The maximum absolute atomic E-state index is 11.7. The third kappa shape index (κ3) is 2.95. The molecule has 1 fully saturated rings. The molecular formula is C9H17ClN2OS. The SMILES string of the molecule is CN(SCl)C(=O)N(C)C1CCCCC1. The normalized spacial score (nSPS) is 17.9. The van der Waals surface area contributed by atoms with Crippen molar-refractivity contribution in [2.24, 2.45) is 0 Å². The van der Waals surface area contributed by atoms with Crippen molar-refractivity contribution in [1.29, 1.82) is 0 Å². The quantitative estimate of drug-likeness (QED) is 0.688. The fraction of sp³-hybridized carbons (Fsp3) is 0.889. The molecule has 3 nitrogen and oxygen atoms in total. The van der Waals surface area contributed by atoms with Gasteiger partial charge in [-0.3, -0.25) is 4.31 Å². The third-order valence-electron chi connectivity index (χ3n) is 2.80. The van der Waals surface area contributed by atoms with Crippen LogP contribution in [0.15, 0.2) is 0 Å². The standard InChI is InChI=1S/C9H17ClN2OS/c1-11(9(13)12(2)14-10)8-6-4-3-5-7-8/h8H,3-7H2,1-2H3. The van der Waals surface area contributed by atoms with E-state index >= 15 is 0 Å². The van der Waals surface area contributed by atoms with E-state index in [1.54, 1.807) is 7.05 Å². The van der Waals surface area contributed by atoms with Crippen molar-refractivity contribution in [3.8, 4) is 0 Å². The van der Waals surface area contributed by atoms with Gasteiger partial charge in [0.15, 0.2) is 0 Å². The van der Waals surface area contributed by atoms with Crippen LogP contribution in [0.1, 0.15) is 32.1 Å². The highest BCUT2D eigenvalue weighted by molar-refractivity contribution is 8.19. The Bertz CT molecular complexity index is 197. The Morgan fingerprint density at radius 1 is 1.29 bits per heavy atom. The summed E-state index contributed by atoms with van der Waals surface area (Å²) < 4.78 is 1.45. The lowest BCUT2D eigenvalue weighted by molar-refractivity contribution is 0.163. The van der Waals surface area contributed by atoms with Gasteiger partial charge < -0.3 is 4.90 Å². The molecule has 0 bridgehead atoms. The molecule has 14 heavy (non-hydrogen) atoms. The monoisotopic (exact) mass is 236 g/mol. The second-order valence-corrected chi connectivity index (χ2v) is 4.85. The van der Waals surface area contributed by atoms with Crippen molar-refractivity contribution in [3.05, 3.63) is 0 Å². The first-order valence-corrected chi connectivity index (χ1v) is 6.56. The van der Waals surface area contributed by atoms with Crippen LogP contribution in [-0.4, -0.2) is 35.4 Å². The lowest BCUT2D eigenvalue weighted by atomic mass is 9.95. The maximum atomic E-state index is 11.7. The van der Waals surface area contributed by atoms with E-state index in [4.69, 9.17) is 10.7 Å². The van der Waals surface area contributed by atoms with Crippen LogP contribution in [0.25, 0.3) is 0 Å². The summed E-state index contributed by atoms with van der Waals surface area (Å²) in [6, 6.07) is 0.402. The first-order valence-electron chi connectivity index (χ1n) is 4.96. The highest BCUT2D eigenvalue weighted by atomic mass is 35.7. The molecular weight excluding hydrogens is 220 g/mol. The van der Waals surface area contributed by atoms with Gasteiger partial charge in [0.2, 0.25) is 0 Å². The molecule has 1 saturated carbocycles. The highest BCUT2D eigenvalue weighted by Gasteiger charge is 2.24. The molecule has 82 valence electrons. The van der Waals surface area contributed by atoms with Gasteiger partial charge in [-0.1, -0.05) is 19.3 Å². The Hall–Kier alpha value is -0.0900. The van der Waals surface area contributed by atoms with E-state index < -0.39 is 0 Å². The van der Waals surface area contributed by atoms with E-state index in [-0.39, 0.29) is 6.03 Å². The molecule has 0 spiro atoms. The maximum Gasteiger partial charge on any atom is 0.330 e. The number of hydrogen-bond acceptors (Lipinski definition) is 2. The molecule has 0 heterocycles. The predicted octanol–water partition coefficient (Wildman–Crippen LogP) is 3.10. The summed E-state index contributed by atoms with van der Waals surface area (Å²) >= 11 is 0.940. The number of nitrogens with zero attached hydrogens (tertiary/aromatic N) is 2. The highest BCUT2D eigenvalue weighted by Crippen LogP contribution is 2.23. The van der Waals surface area contributed by atoms with Crippen LogP contribution in [0.3, 0.4) is 0 Å². The smallest absolute Gasteiger partial charge is 0.324 e. The number of carbonyl (C=O) groups excluding carboxylic acids is 1. The van der Waals surface area contributed by atoms with Gasteiger partial charge in [0.05, 0.1) is 11.2 Å². The van der Waals surface area contributed by atoms with Gasteiger partial charge in [0.1, 0.15) is 0 Å². The second kappa shape index (κ2) is 5.71. The van der Waals surface area contributed by atoms with Crippen molar-refractivity contribution in [1.82, 2.24) is 9.21 Å². The Balaban J connectivity index is 2.45. The molecule has 0 N–H and O–H groups in total. The average molecular weight is 237 g/mol. The molecule has 1 aliphatic carbocycles. The van der Waals surface area contributed by atoms with Crippen LogP contribution in [0.2, 0.25) is 0 Å². The lowest BCUT2D eigenvalue weighted by Gasteiger charge is -2.32. The fourth-order valence-electron chi connectivity index (χ4n) is 1.88. The van der Waals surface area contributed by atoms with Crippen LogP contribution in [0.5, 0.6) is 0 Å². The van der Waals surface area contributed by atoms with Crippen LogP contribution in [-0.2, 0) is 0 Å². The number of halogens is 1. The molecule has 0 saturated heterocycles. The molecule has 0 aromatic rings. The van der Waals surface area contributed by atoms with Crippen molar-refractivity contribution in [2.75, 3.05) is 14.1 Å². The molecule has 0 aromatic carbocycles. The molecule has 0 aromatic heterocycles. The third-order valence-corrected chi connectivity index (χ3v) is 3.78. The average Bonchev–Trinajstić information content (AvgIpc) is 2.27. The van der Waals surface area contributed by atoms with Gasteiger partial charge in [0.25, 0.3) is 0 Å². The minimum Gasteiger partial charge on any atom is -0.324 e. The zero-order valence-corrected chi connectivity index (χ0v) is 10.3. The van der Waals surface area contributed by atoms with Crippen LogP contribution >= 0.6 is 21.8 Å². The van der Waals surface area contributed by atoms with Gasteiger partial charge in [0, 0.05) is 20.1 Å². The van der Waals surface area contributed by atoms with Crippen molar-refractivity contribution in [3.63, 3.8) is 0 Å².